The highest BCUT2D eigenvalue weighted by Crippen LogP contribution is 2.23. The number of nitrogens with one attached hydrogen (secondary N) is 2. The van der Waals surface area contributed by atoms with Gasteiger partial charge in [-0.25, -0.2) is 4.98 Å². The zero-order valence-electron chi connectivity index (χ0n) is 10.7. The second-order valence-electron chi connectivity index (χ2n) is 4.87. The highest BCUT2D eigenvalue weighted by Gasteiger charge is 2.27. The lowest BCUT2D eigenvalue weighted by Gasteiger charge is -2.19. The topological polar surface area (TPSA) is 83.6 Å². The van der Waals surface area contributed by atoms with Crippen molar-refractivity contribution in [3.05, 3.63) is 35.3 Å². The van der Waals surface area contributed by atoms with Gasteiger partial charge in [0.25, 0.3) is 0 Å². The largest absolute Gasteiger partial charge is 0.310 e. The predicted octanol–water partition coefficient (Wildman–Crippen LogP) is 1.25. The molecule has 0 saturated heterocycles. The number of aromatic amines is 1. The van der Waals surface area contributed by atoms with Crippen LogP contribution in [-0.4, -0.2) is 26.3 Å². The number of aryl methyl sites for hydroxylation is 2. The molecule has 2 heterocycles. The van der Waals surface area contributed by atoms with E-state index in [0.717, 1.165) is 29.8 Å². The minimum absolute atomic E-state index is 0.00463. The number of carbonyl (C=O) groups is 1. The molecule has 2 N–H and O–H groups in total. The molecular weight excluding hydrogens is 242 g/mol. The molecule has 19 heavy (non-hydrogen) atoms. The molecular formula is C13H15N5O. The van der Waals surface area contributed by atoms with E-state index in [-0.39, 0.29) is 11.8 Å². The molecule has 6 heteroatoms. The quantitative estimate of drug-likeness (QED) is 0.848. The van der Waals surface area contributed by atoms with Crippen molar-refractivity contribution in [2.75, 3.05) is 5.32 Å². The summed E-state index contributed by atoms with van der Waals surface area (Å²) in [5, 5.41) is 13.6. The van der Waals surface area contributed by atoms with Crippen LogP contribution in [0.5, 0.6) is 0 Å². The normalized spacial score (nSPS) is 17.8. The van der Waals surface area contributed by atoms with Gasteiger partial charge in [-0.2, -0.15) is 15.4 Å². The smallest absolute Gasteiger partial charge is 0.229 e. The van der Waals surface area contributed by atoms with Crippen molar-refractivity contribution in [3.63, 3.8) is 0 Å². The van der Waals surface area contributed by atoms with Gasteiger partial charge in [0, 0.05) is 18.5 Å². The SMILES string of the molecule is Cc1ccc(NC(=O)C2CCc3n[nH]nc3C2)nc1. The number of nitrogens with zero attached hydrogens (tertiary/aromatic N) is 3. The van der Waals surface area contributed by atoms with Crippen molar-refractivity contribution < 1.29 is 4.79 Å². The zero-order valence-corrected chi connectivity index (χ0v) is 10.7. The number of anilines is 1. The van der Waals surface area contributed by atoms with Gasteiger partial charge < -0.3 is 5.32 Å². The fourth-order valence-corrected chi connectivity index (χ4v) is 2.28. The minimum Gasteiger partial charge on any atom is -0.310 e. The van der Waals surface area contributed by atoms with Crippen molar-refractivity contribution >= 4 is 11.7 Å². The number of hydrogen-bond acceptors (Lipinski definition) is 4. The molecule has 2 aromatic rings. The highest BCUT2D eigenvalue weighted by atomic mass is 16.1. The Kier molecular flexibility index (Phi) is 2.98. The van der Waals surface area contributed by atoms with E-state index in [9.17, 15) is 4.79 Å². The molecule has 1 atom stereocenters. The van der Waals surface area contributed by atoms with E-state index in [1.165, 1.54) is 0 Å². The van der Waals surface area contributed by atoms with Gasteiger partial charge in [0.1, 0.15) is 5.82 Å². The Hall–Kier alpha value is -2.24. The second kappa shape index (κ2) is 4.79. The number of rotatable bonds is 2. The summed E-state index contributed by atoms with van der Waals surface area (Å²) in [6.45, 7) is 1.96. The number of hydrogen-bond donors (Lipinski definition) is 2. The van der Waals surface area contributed by atoms with Crippen LogP contribution in [0.15, 0.2) is 18.3 Å². The molecule has 0 fully saturated rings. The van der Waals surface area contributed by atoms with Crippen LogP contribution in [0, 0.1) is 12.8 Å². The maximum atomic E-state index is 12.2. The first-order valence-electron chi connectivity index (χ1n) is 6.34. The molecule has 1 unspecified atom stereocenters. The van der Waals surface area contributed by atoms with Gasteiger partial charge in [0.05, 0.1) is 11.4 Å². The van der Waals surface area contributed by atoms with E-state index < -0.39 is 0 Å². The number of H-pyrrole nitrogens is 1. The van der Waals surface area contributed by atoms with Crippen molar-refractivity contribution in [2.24, 2.45) is 5.92 Å². The van der Waals surface area contributed by atoms with Gasteiger partial charge in [0.2, 0.25) is 5.91 Å². The molecule has 1 aliphatic carbocycles. The summed E-state index contributed by atoms with van der Waals surface area (Å²) >= 11 is 0. The summed E-state index contributed by atoms with van der Waals surface area (Å²) in [5.74, 6) is 0.548. The van der Waals surface area contributed by atoms with Crippen LogP contribution in [0.1, 0.15) is 23.4 Å². The van der Waals surface area contributed by atoms with Crippen molar-refractivity contribution in [1.29, 1.82) is 0 Å². The summed E-state index contributed by atoms with van der Waals surface area (Å²) in [4.78, 5) is 16.4. The summed E-state index contributed by atoms with van der Waals surface area (Å²) in [6.07, 6.45) is 3.98. The Balaban J connectivity index is 1.67. The fraction of sp³-hybridized carbons (Fsp3) is 0.385. The number of pyridine rings is 1. The molecule has 6 nitrogen and oxygen atoms in total. The molecule has 0 spiro atoms. The summed E-state index contributed by atoms with van der Waals surface area (Å²) in [6, 6.07) is 3.75. The van der Waals surface area contributed by atoms with E-state index in [4.69, 9.17) is 0 Å². The Labute approximate surface area is 110 Å². The van der Waals surface area contributed by atoms with Gasteiger partial charge >= 0.3 is 0 Å². The molecule has 0 saturated carbocycles. The average molecular weight is 257 g/mol. The Bertz CT molecular complexity index is 589. The van der Waals surface area contributed by atoms with Crippen LogP contribution in [0.25, 0.3) is 0 Å². The van der Waals surface area contributed by atoms with E-state index in [1.807, 2.05) is 19.1 Å². The number of aromatic nitrogens is 4. The molecule has 1 amide bonds. The van der Waals surface area contributed by atoms with E-state index in [0.29, 0.717) is 12.2 Å². The van der Waals surface area contributed by atoms with Gasteiger partial charge in [-0.3, -0.25) is 4.79 Å². The van der Waals surface area contributed by atoms with Crippen molar-refractivity contribution in [3.8, 4) is 0 Å². The lowest BCUT2D eigenvalue weighted by Crippen LogP contribution is -2.28. The van der Waals surface area contributed by atoms with Crippen LogP contribution in [0.2, 0.25) is 0 Å². The third-order valence-corrected chi connectivity index (χ3v) is 3.41. The summed E-state index contributed by atoms with van der Waals surface area (Å²) < 4.78 is 0. The lowest BCUT2D eigenvalue weighted by molar-refractivity contribution is -0.120. The molecule has 3 rings (SSSR count). The van der Waals surface area contributed by atoms with Gasteiger partial charge in [-0.05, 0) is 31.4 Å². The first-order valence-corrected chi connectivity index (χ1v) is 6.34. The number of amides is 1. The maximum absolute atomic E-state index is 12.2. The third-order valence-electron chi connectivity index (χ3n) is 3.41. The monoisotopic (exact) mass is 257 g/mol. The molecule has 0 aliphatic heterocycles. The van der Waals surface area contributed by atoms with Crippen LogP contribution in [0.4, 0.5) is 5.82 Å². The molecule has 0 bridgehead atoms. The van der Waals surface area contributed by atoms with E-state index in [1.54, 1.807) is 6.20 Å². The van der Waals surface area contributed by atoms with Crippen LogP contribution in [0.3, 0.4) is 0 Å². The molecule has 1 aliphatic rings. The standard InChI is InChI=1S/C13H15N5O/c1-8-2-5-12(14-7-8)15-13(19)9-3-4-10-11(6-9)17-18-16-10/h2,5,7,9H,3-4,6H2,1H3,(H,14,15,19)(H,16,17,18). The summed E-state index contributed by atoms with van der Waals surface area (Å²) in [7, 11) is 0. The van der Waals surface area contributed by atoms with Gasteiger partial charge in [-0.1, -0.05) is 6.07 Å². The first-order chi connectivity index (χ1) is 9.22. The molecule has 0 radical (unpaired) electrons. The summed E-state index contributed by atoms with van der Waals surface area (Å²) in [5.41, 5.74) is 2.96. The predicted molar refractivity (Wildman–Crippen MR) is 69.5 cm³/mol. The third kappa shape index (κ3) is 2.47. The molecule has 98 valence electrons. The van der Waals surface area contributed by atoms with Crippen molar-refractivity contribution in [1.82, 2.24) is 20.4 Å². The Morgan fingerprint density at radius 3 is 3.00 bits per heavy atom. The second-order valence-corrected chi connectivity index (χ2v) is 4.87. The van der Waals surface area contributed by atoms with Gasteiger partial charge in [0.15, 0.2) is 0 Å². The Morgan fingerprint density at radius 1 is 1.37 bits per heavy atom. The number of fused-ring (bicyclic) bond motifs is 1. The van der Waals surface area contributed by atoms with Crippen molar-refractivity contribution in [2.45, 2.75) is 26.2 Å². The molecule has 2 aromatic heterocycles. The van der Waals surface area contributed by atoms with Crippen LogP contribution in [-0.2, 0) is 17.6 Å². The van der Waals surface area contributed by atoms with Crippen LogP contribution < -0.4 is 5.32 Å². The molecule has 0 aromatic carbocycles. The zero-order chi connectivity index (χ0) is 13.2. The maximum Gasteiger partial charge on any atom is 0.229 e. The Morgan fingerprint density at radius 2 is 2.21 bits per heavy atom. The lowest BCUT2D eigenvalue weighted by atomic mass is 9.89. The van der Waals surface area contributed by atoms with Gasteiger partial charge in [-0.15, -0.1) is 0 Å². The average Bonchev–Trinajstić information content (AvgIpc) is 2.88. The minimum atomic E-state index is -0.0549. The van der Waals surface area contributed by atoms with Crippen LogP contribution >= 0.6 is 0 Å². The van der Waals surface area contributed by atoms with E-state index in [2.05, 4.69) is 25.7 Å². The first kappa shape index (κ1) is 11.8. The fourth-order valence-electron chi connectivity index (χ4n) is 2.28. The number of carbonyl (C=O) groups excluding carboxylic acids is 1. The highest BCUT2D eigenvalue weighted by molar-refractivity contribution is 5.91. The van der Waals surface area contributed by atoms with E-state index >= 15 is 0 Å².